The molecular formula is C17H11NO6. The molecule has 120 valence electrons. The quantitative estimate of drug-likeness (QED) is 0.699. The molecule has 0 aliphatic rings. The zero-order valence-electron chi connectivity index (χ0n) is 12.2. The first kappa shape index (κ1) is 15.3. The number of carboxylic acids is 1. The van der Waals surface area contributed by atoms with Gasteiger partial charge in [-0.1, -0.05) is 24.3 Å². The highest BCUT2D eigenvalue weighted by atomic mass is 16.5. The van der Waals surface area contributed by atoms with Gasteiger partial charge < -0.3 is 14.3 Å². The second kappa shape index (κ2) is 6.25. The third-order valence-corrected chi connectivity index (χ3v) is 3.28. The molecule has 24 heavy (non-hydrogen) atoms. The molecule has 3 aromatic rings. The molecule has 7 heteroatoms. The minimum Gasteiger partial charge on any atom is -0.478 e. The van der Waals surface area contributed by atoms with Crippen LogP contribution in [0.2, 0.25) is 0 Å². The van der Waals surface area contributed by atoms with Crippen molar-refractivity contribution in [2.45, 2.75) is 0 Å². The summed E-state index contributed by atoms with van der Waals surface area (Å²) < 4.78 is 11.0. The van der Waals surface area contributed by atoms with E-state index in [1.54, 1.807) is 30.3 Å². The van der Waals surface area contributed by atoms with Gasteiger partial charge in [0.2, 0.25) is 23.5 Å². The molecular weight excluding hydrogens is 314 g/mol. The lowest BCUT2D eigenvalue weighted by atomic mass is 10.2. The number of nitrogens with one attached hydrogen (secondary N) is 1. The molecule has 2 N–H and O–H groups in total. The highest BCUT2D eigenvalue weighted by Crippen LogP contribution is 2.31. The fourth-order valence-corrected chi connectivity index (χ4v) is 2.21. The van der Waals surface area contributed by atoms with Crippen molar-refractivity contribution in [2.75, 3.05) is 5.32 Å². The molecule has 2 aromatic carbocycles. The number of amides is 1. The summed E-state index contributed by atoms with van der Waals surface area (Å²) in [6.45, 7) is 0. The van der Waals surface area contributed by atoms with Crippen LogP contribution in [0.25, 0.3) is 11.0 Å². The van der Waals surface area contributed by atoms with Crippen LogP contribution in [-0.2, 0) is 4.79 Å². The van der Waals surface area contributed by atoms with Gasteiger partial charge in [-0.05, 0) is 24.3 Å². The Kier molecular flexibility index (Phi) is 3.98. The molecule has 0 fully saturated rings. The predicted molar refractivity (Wildman–Crippen MR) is 85.6 cm³/mol. The lowest BCUT2D eigenvalue weighted by Crippen LogP contribution is -2.11. The number of carbonyl (C=O) groups is 2. The van der Waals surface area contributed by atoms with E-state index in [2.05, 4.69) is 5.32 Å². The number of benzene rings is 2. The van der Waals surface area contributed by atoms with Gasteiger partial charge in [-0.25, -0.2) is 4.79 Å². The molecule has 0 aliphatic heterocycles. The normalized spacial score (nSPS) is 10.3. The number of hydrogen-bond acceptors (Lipinski definition) is 5. The molecule has 1 aromatic heterocycles. The lowest BCUT2D eigenvalue weighted by molar-refractivity contribution is -0.105. The van der Waals surface area contributed by atoms with Crippen LogP contribution in [-0.4, -0.2) is 17.5 Å². The first-order valence-electron chi connectivity index (χ1n) is 6.88. The number of carboxylic acid groups (broad SMARTS) is 1. The van der Waals surface area contributed by atoms with Crippen molar-refractivity contribution in [3.63, 3.8) is 0 Å². The Morgan fingerprint density at radius 2 is 1.83 bits per heavy atom. The highest BCUT2D eigenvalue weighted by Gasteiger charge is 2.19. The van der Waals surface area contributed by atoms with Crippen LogP contribution < -0.4 is 15.5 Å². The summed E-state index contributed by atoms with van der Waals surface area (Å²) in [5.41, 5.74) is -0.380. The minimum atomic E-state index is -1.21. The van der Waals surface area contributed by atoms with Gasteiger partial charge >= 0.3 is 5.97 Å². The predicted octanol–water partition coefficient (Wildman–Crippen LogP) is 2.85. The number of hydrogen-bond donors (Lipinski definition) is 2. The van der Waals surface area contributed by atoms with Gasteiger partial charge in [0.25, 0.3) is 0 Å². The third kappa shape index (κ3) is 2.70. The van der Waals surface area contributed by atoms with Crippen molar-refractivity contribution >= 4 is 29.2 Å². The van der Waals surface area contributed by atoms with E-state index < -0.39 is 11.4 Å². The number of rotatable bonds is 5. The van der Waals surface area contributed by atoms with Gasteiger partial charge in [0.05, 0.1) is 5.39 Å². The summed E-state index contributed by atoms with van der Waals surface area (Å²) in [4.78, 5) is 34.7. The van der Waals surface area contributed by atoms with E-state index in [4.69, 9.17) is 9.15 Å². The molecule has 0 bridgehead atoms. The van der Waals surface area contributed by atoms with Crippen LogP contribution in [0.4, 0.5) is 5.88 Å². The maximum Gasteiger partial charge on any atom is 0.339 e. The average molecular weight is 325 g/mol. The summed E-state index contributed by atoms with van der Waals surface area (Å²) in [6.07, 6.45) is 0.336. The Balaban J connectivity index is 2.20. The maximum absolute atomic E-state index is 12.6. The molecule has 0 unspecified atom stereocenters. The monoisotopic (exact) mass is 325 g/mol. The molecule has 3 rings (SSSR count). The third-order valence-electron chi connectivity index (χ3n) is 3.28. The first-order valence-corrected chi connectivity index (χ1v) is 6.88. The van der Waals surface area contributed by atoms with Gasteiger partial charge in [0, 0.05) is 0 Å². The summed E-state index contributed by atoms with van der Waals surface area (Å²) in [6, 6.07) is 12.3. The van der Waals surface area contributed by atoms with Gasteiger partial charge in [-0.2, -0.15) is 0 Å². The molecule has 0 atom stereocenters. The standard InChI is InChI=1S/C17H11NO6/c19-9-18-16-15(14(20)10-5-1-3-7-12(10)24-16)23-13-8-4-2-6-11(13)17(21)22/h1-9H,(H,18,19)(H,21,22). The number of para-hydroxylation sites is 2. The number of anilines is 1. The van der Waals surface area contributed by atoms with Gasteiger partial charge in [0.15, 0.2) is 0 Å². The minimum absolute atomic E-state index is 0.0402. The fraction of sp³-hybridized carbons (Fsp3) is 0. The average Bonchev–Trinajstić information content (AvgIpc) is 2.59. The Morgan fingerprint density at radius 1 is 1.12 bits per heavy atom. The largest absolute Gasteiger partial charge is 0.478 e. The van der Waals surface area contributed by atoms with Gasteiger partial charge in [0.1, 0.15) is 16.9 Å². The molecule has 1 heterocycles. The number of fused-ring (bicyclic) bond motifs is 1. The SMILES string of the molecule is O=CNc1oc2ccccc2c(=O)c1Oc1ccccc1C(=O)O. The molecule has 0 spiro atoms. The van der Waals surface area contributed by atoms with Crippen LogP contribution in [0.1, 0.15) is 10.4 Å². The summed E-state index contributed by atoms with van der Waals surface area (Å²) in [7, 11) is 0. The van der Waals surface area contributed by atoms with Crippen molar-refractivity contribution in [3.8, 4) is 11.5 Å². The topological polar surface area (TPSA) is 106 Å². The van der Waals surface area contributed by atoms with Crippen molar-refractivity contribution in [1.82, 2.24) is 0 Å². The summed E-state index contributed by atoms with van der Waals surface area (Å²) >= 11 is 0. The Hall–Kier alpha value is -3.61. The zero-order chi connectivity index (χ0) is 17.1. The van der Waals surface area contributed by atoms with Gasteiger partial charge in [-0.15, -0.1) is 0 Å². The molecule has 0 saturated carbocycles. The Bertz CT molecular complexity index is 992. The second-order valence-electron chi connectivity index (χ2n) is 4.75. The van der Waals surface area contributed by atoms with E-state index in [-0.39, 0.29) is 33.9 Å². The van der Waals surface area contributed by atoms with Crippen LogP contribution in [0, 0.1) is 0 Å². The fourth-order valence-electron chi connectivity index (χ4n) is 2.21. The zero-order valence-corrected chi connectivity index (χ0v) is 12.2. The molecule has 0 radical (unpaired) electrons. The molecule has 0 aliphatic carbocycles. The van der Waals surface area contributed by atoms with Crippen LogP contribution in [0.5, 0.6) is 11.5 Å². The second-order valence-corrected chi connectivity index (χ2v) is 4.75. The smallest absolute Gasteiger partial charge is 0.339 e. The first-order chi connectivity index (χ1) is 11.6. The van der Waals surface area contributed by atoms with Crippen molar-refractivity contribution in [2.24, 2.45) is 0 Å². The van der Waals surface area contributed by atoms with E-state index in [1.165, 1.54) is 18.2 Å². The van der Waals surface area contributed by atoms with E-state index in [0.29, 0.717) is 6.41 Å². The Labute approximate surface area is 135 Å². The molecule has 1 amide bonds. The highest BCUT2D eigenvalue weighted by molar-refractivity contribution is 5.91. The summed E-state index contributed by atoms with van der Waals surface area (Å²) in [5, 5.41) is 11.7. The summed E-state index contributed by atoms with van der Waals surface area (Å²) in [5.74, 6) is -1.74. The van der Waals surface area contributed by atoms with Crippen LogP contribution in [0.15, 0.2) is 57.7 Å². The van der Waals surface area contributed by atoms with Crippen molar-refractivity contribution in [3.05, 3.63) is 64.3 Å². The van der Waals surface area contributed by atoms with Crippen LogP contribution in [0.3, 0.4) is 0 Å². The lowest BCUT2D eigenvalue weighted by Gasteiger charge is -2.11. The number of carbonyl (C=O) groups excluding carboxylic acids is 1. The van der Waals surface area contributed by atoms with E-state index in [9.17, 15) is 19.5 Å². The molecule has 0 saturated heterocycles. The van der Waals surface area contributed by atoms with Gasteiger partial charge in [-0.3, -0.25) is 14.9 Å². The van der Waals surface area contributed by atoms with Crippen molar-refractivity contribution < 1.29 is 23.8 Å². The maximum atomic E-state index is 12.6. The Morgan fingerprint density at radius 3 is 2.58 bits per heavy atom. The number of aromatic carboxylic acids is 1. The van der Waals surface area contributed by atoms with Crippen LogP contribution >= 0.6 is 0 Å². The van der Waals surface area contributed by atoms with E-state index >= 15 is 0 Å². The molecule has 7 nitrogen and oxygen atoms in total. The van der Waals surface area contributed by atoms with E-state index in [1.807, 2.05) is 0 Å². The number of ether oxygens (including phenoxy) is 1. The van der Waals surface area contributed by atoms with E-state index in [0.717, 1.165) is 0 Å². The van der Waals surface area contributed by atoms with Crippen molar-refractivity contribution in [1.29, 1.82) is 0 Å².